The van der Waals surface area contributed by atoms with Gasteiger partial charge in [-0.05, 0) is 42.8 Å². The van der Waals surface area contributed by atoms with Gasteiger partial charge in [-0.25, -0.2) is 17.5 Å². The summed E-state index contributed by atoms with van der Waals surface area (Å²) in [6.07, 6.45) is -4.96. The van der Waals surface area contributed by atoms with E-state index in [1.807, 2.05) is 0 Å². The molecule has 1 amide bonds. The van der Waals surface area contributed by atoms with E-state index in [1.54, 1.807) is 6.92 Å². The lowest BCUT2D eigenvalue weighted by atomic mass is 10.2. The lowest BCUT2D eigenvalue weighted by Crippen LogP contribution is -2.28. The van der Waals surface area contributed by atoms with E-state index in [1.165, 1.54) is 12.1 Å². The fourth-order valence-corrected chi connectivity index (χ4v) is 3.24. The molecule has 5 nitrogen and oxygen atoms in total. The zero-order valence-electron chi connectivity index (χ0n) is 14.1. The molecule has 0 atom stereocenters. The number of alkyl halides is 3. The van der Waals surface area contributed by atoms with Crippen molar-refractivity contribution in [3.63, 3.8) is 0 Å². The Kier molecular flexibility index (Phi) is 6.22. The lowest BCUT2D eigenvalue weighted by molar-refractivity contribution is -0.137. The number of aryl methyl sites for hydroxylation is 1. The highest BCUT2D eigenvalue weighted by Crippen LogP contribution is 2.30. The monoisotopic (exact) mass is 404 g/mol. The van der Waals surface area contributed by atoms with Gasteiger partial charge in [-0.15, -0.1) is 0 Å². The summed E-state index contributed by atoms with van der Waals surface area (Å²) in [7, 11) is -4.22. The first kappa shape index (κ1) is 20.8. The van der Waals surface area contributed by atoms with Gasteiger partial charge in [0.2, 0.25) is 15.9 Å². The standard InChI is InChI=1S/C17H16F4N2O3S/c1-11-5-6-13(18)10-15(11)23-16(24)7-8-22-27(25,26)14-4-2-3-12(9-14)17(19,20)21/h2-6,9-10,22H,7-8H2,1H3,(H,23,24). The van der Waals surface area contributed by atoms with Crippen LogP contribution in [0.5, 0.6) is 0 Å². The fourth-order valence-electron chi connectivity index (χ4n) is 2.16. The first-order chi connectivity index (χ1) is 12.5. The number of anilines is 1. The first-order valence-corrected chi connectivity index (χ1v) is 9.20. The van der Waals surface area contributed by atoms with E-state index in [9.17, 15) is 30.8 Å². The van der Waals surface area contributed by atoms with Gasteiger partial charge >= 0.3 is 6.18 Å². The van der Waals surface area contributed by atoms with E-state index in [0.717, 1.165) is 24.3 Å². The molecule has 2 aromatic carbocycles. The lowest BCUT2D eigenvalue weighted by Gasteiger charge is -2.11. The van der Waals surface area contributed by atoms with Crippen LogP contribution in [-0.4, -0.2) is 20.9 Å². The highest BCUT2D eigenvalue weighted by atomic mass is 32.2. The van der Waals surface area contributed by atoms with E-state index in [2.05, 4.69) is 10.0 Å². The summed E-state index contributed by atoms with van der Waals surface area (Å²) in [5, 5.41) is 2.44. The minimum atomic E-state index is -4.67. The topological polar surface area (TPSA) is 75.3 Å². The maximum atomic E-state index is 13.2. The number of carbonyl (C=O) groups is 1. The highest BCUT2D eigenvalue weighted by Gasteiger charge is 2.31. The molecule has 0 bridgehead atoms. The zero-order valence-corrected chi connectivity index (χ0v) is 14.9. The maximum absolute atomic E-state index is 13.2. The summed E-state index contributed by atoms with van der Waals surface area (Å²) in [6, 6.07) is 7.10. The molecule has 10 heteroatoms. The Balaban J connectivity index is 1.97. The first-order valence-electron chi connectivity index (χ1n) is 7.72. The van der Waals surface area contributed by atoms with Crippen molar-refractivity contribution in [2.24, 2.45) is 0 Å². The third-order valence-electron chi connectivity index (χ3n) is 3.59. The number of rotatable bonds is 6. The summed E-state index contributed by atoms with van der Waals surface area (Å²) in [5.74, 6) is -1.11. The molecule has 27 heavy (non-hydrogen) atoms. The van der Waals surface area contributed by atoms with Crippen LogP contribution in [-0.2, 0) is 21.0 Å². The molecule has 0 aromatic heterocycles. The summed E-state index contributed by atoms with van der Waals surface area (Å²) >= 11 is 0. The van der Waals surface area contributed by atoms with E-state index in [0.29, 0.717) is 11.6 Å². The maximum Gasteiger partial charge on any atom is 0.416 e. The van der Waals surface area contributed by atoms with Gasteiger partial charge in [0.05, 0.1) is 10.5 Å². The van der Waals surface area contributed by atoms with Crippen molar-refractivity contribution in [1.29, 1.82) is 0 Å². The van der Waals surface area contributed by atoms with E-state index < -0.39 is 38.4 Å². The van der Waals surface area contributed by atoms with Crippen molar-refractivity contribution in [1.82, 2.24) is 4.72 Å². The second-order valence-corrected chi connectivity index (χ2v) is 7.45. The van der Waals surface area contributed by atoms with Crippen molar-refractivity contribution in [3.05, 3.63) is 59.4 Å². The Morgan fingerprint density at radius 1 is 1.11 bits per heavy atom. The van der Waals surface area contributed by atoms with Crippen LogP contribution in [0.2, 0.25) is 0 Å². The van der Waals surface area contributed by atoms with Crippen molar-refractivity contribution in [2.45, 2.75) is 24.4 Å². The normalized spacial score (nSPS) is 12.0. The molecule has 0 aliphatic carbocycles. The molecule has 0 saturated heterocycles. The van der Waals surface area contributed by atoms with Gasteiger partial charge in [0.1, 0.15) is 5.82 Å². The largest absolute Gasteiger partial charge is 0.416 e. The molecular formula is C17H16F4N2O3S. The molecule has 2 aromatic rings. The van der Waals surface area contributed by atoms with Crippen LogP contribution >= 0.6 is 0 Å². The molecule has 146 valence electrons. The van der Waals surface area contributed by atoms with Crippen LogP contribution in [0.1, 0.15) is 17.5 Å². The van der Waals surface area contributed by atoms with Crippen molar-refractivity contribution >= 4 is 21.6 Å². The average Bonchev–Trinajstić information content (AvgIpc) is 2.57. The second kappa shape index (κ2) is 8.05. The minimum Gasteiger partial charge on any atom is -0.326 e. The van der Waals surface area contributed by atoms with Crippen LogP contribution in [0.15, 0.2) is 47.4 Å². The van der Waals surface area contributed by atoms with Gasteiger partial charge in [-0.1, -0.05) is 12.1 Å². The molecule has 0 aliphatic rings. The van der Waals surface area contributed by atoms with Crippen LogP contribution in [0.25, 0.3) is 0 Å². The quantitative estimate of drug-likeness (QED) is 0.724. The van der Waals surface area contributed by atoms with Gasteiger partial charge in [0, 0.05) is 18.7 Å². The van der Waals surface area contributed by atoms with E-state index in [4.69, 9.17) is 0 Å². The van der Waals surface area contributed by atoms with Gasteiger partial charge in [-0.2, -0.15) is 13.2 Å². The number of sulfonamides is 1. The molecular weight excluding hydrogens is 388 g/mol. The van der Waals surface area contributed by atoms with Crippen molar-refractivity contribution < 1.29 is 30.8 Å². The average molecular weight is 404 g/mol. The van der Waals surface area contributed by atoms with Crippen molar-refractivity contribution in [2.75, 3.05) is 11.9 Å². The molecule has 0 radical (unpaired) electrons. The Bertz CT molecular complexity index is 943. The summed E-state index contributed by atoms with van der Waals surface area (Å²) < 4.78 is 77.5. The predicted octanol–water partition coefficient (Wildman–Crippen LogP) is 3.46. The van der Waals surface area contributed by atoms with E-state index >= 15 is 0 Å². The van der Waals surface area contributed by atoms with Gasteiger partial charge in [0.15, 0.2) is 0 Å². The van der Waals surface area contributed by atoms with Crippen molar-refractivity contribution in [3.8, 4) is 0 Å². The number of hydrogen-bond acceptors (Lipinski definition) is 3. The number of nitrogens with one attached hydrogen (secondary N) is 2. The number of benzene rings is 2. The number of carbonyl (C=O) groups excluding carboxylic acids is 1. The SMILES string of the molecule is Cc1ccc(F)cc1NC(=O)CCNS(=O)(=O)c1cccc(C(F)(F)F)c1. The third-order valence-corrected chi connectivity index (χ3v) is 5.05. The second-order valence-electron chi connectivity index (χ2n) is 5.68. The van der Waals surface area contributed by atoms with E-state index in [-0.39, 0.29) is 18.7 Å². The number of amides is 1. The summed E-state index contributed by atoms with van der Waals surface area (Å²) in [5.41, 5.74) is -0.222. The minimum absolute atomic E-state index is 0.251. The van der Waals surface area contributed by atoms with Gasteiger partial charge in [0.25, 0.3) is 0 Å². The van der Waals surface area contributed by atoms with Gasteiger partial charge < -0.3 is 5.32 Å². The van der Waals surface area contributed by atoms with Crippen LogP contribution in [0.3, 0.4) is 0 Å². The predicted molar refractivity (Wildman–Crippen MR) is 91.0 cm³/mol. The number of halogens is 4. The number of hydrogen-bond donors (Lipinski definition) is 2. The molecule has 0 unspecified atom stereocenters. The molecule has 0 saturated carbocycles. The molecule has 0 fully saturated rings. The summed E-state index contributed by atoms with van der Waals surface area (Å²) in [4.78, 5) is 11.3. The van der Waals surface area contributed by atoms with Gasteiger partial charge in [-0.3, -0.25) is 4.79 Å². The Morgan fingerprint density at radius 3 is 2.48 bits per heavy atom. The smallest absolute Gasteiger partial charge is 0.326 e. The molecule has 0 spiro atoms. The van der Waals surface area contributed by atoms with Crippen LogP contribution in [0.4, 0.5) is 23.2 Å². The zero-order chi connectivity index (χ0) is 20.2. The van der Waals surface area contributed by atoms with Crippen LogP contribution in [0, 0.1) is 12.7 Å². The molecule has 0 heterocycles. The fraction of sp³-hybridized carbons (Fsp3) is 0.235. The Labute approximate surface area is 153 Å². The molecule has 2 N–H and O–H groups in total. The Hall–Kier alpha value is -2.46. The Morgan fingerprint density at radius 2 is 1.81 bits per heavy atom. The highest BCUT2D eigenvalue weighted by molar-refractivity contribution is 7.89. The third kappa shape index (κ3) is 5.76. The molecule has 0 aliphatic heterocycles. The summed E-state index contributed by atoms with van der Waals surface area (Å²) in [6.45, 7) is 1.32. The van der Waals surface area contributed by atoms with Crippen LogP contribution < -0.4 is 10.0 Å². The molecule has 2 rings (SSSR count).